The highest BCUT2D eigenvalue weighted by Crippen LogP contribution is 2.16. The second kappa shape index (κ2) is 7.95. The van der Waals surface area contributed by atoms with Crippen LogP contribution in [0.4, 0.5) is 0 Å². The molecule has 0 saturated heterocycles. The summed E-state index contributed by atoms with van der Waals surface area (Å²) in [5, 5.41) is 16.2. The van der Waals surface area contributed by atoms with Crippen molar-refractivity contribution in [1.29, 1.82) is 0 Å². The van der Waals surface area contributed by atoms with E-state index in [4.69, 9.17) is 4.52 Å². The molecule has 7 heteroatoms. The Bertz CT molecular complexity index is 613. The first-order valence-electron chi connectivity index (χ1n) is 6.94. The predicted octanol–water partition coefficient (Wildman–Crippen LogP) is 1.78. The van der Waals surface area contributed by atoms with Gasteiger partial charge in [-0.1, -0.05) is 29.4 Å². The van der Waals surface area contributed by atoms with E-state index < -0.39 is 6.10 Å². The summed E-state index contributed by atoms with van der Waals surface area (Å²) < 4.78 is 4.94. The van der Waals surface area contributed by atoms with Gasteiger partial charge in [-0.15, -0.1) is 0 Å². The number of aliphatic hydroxyl groups excluding tert-OH is 1. The molecule has 0 spiro atoms. The van der Waals surface area contributed by atoms with E-state index in [1.807, 2.05) is 30.5 Å². The molecule has 118 valence electrons. The minimum Gasteiger partial charge on any atom is -0.383 e. The van der Waals surface area contributed by atoms with Gasteiger partial charge in [0.2, 0.25) is 17.6 Å². The van der Waals surface area contributed by atoms with Gasteiger partial charge in [-0.25, -0.2) is 0 Å². The minimum absolute atomic E-state index is 0.341. The molecule has 0 saturated carbocycles. The summed E-state index contributed by atoms with van der Waals surface area (Å²) in [4.78, 5) is 15.9. The Labute approximate surface area is 133 Å². The SMILES string of the molecule is CSCC[C@H](O)C(=O)NCc1ccc(-c2noc(C)n2)cc1. The van der Waals surface area contributed by atoms with Gasteiger partial charge in [-0.05, 0) is 24.0 Å². The summed E-state index contributed by atoms with van der Waals surface area (Å²) >= 11 is 1.60. The Morgan fingerprint density at radius 1 is 1.41 bits per heavy atom. The van der Waals surface area contributed by atoms with Crippen LogP contribution in [0.1, 0.15) is 17.9 Å². The minimum atomic E-state index is -0.950. The summed E-state index contributed by atoms with van der Waals surface area (Å²) in [6.45, 7) is 2.11. The Balaban J connectivity index is 1.87. The summed E-state index contributed by atoms with van der Waals surface area (Å²) in [6.07, 6.45) is 1.45. The third-order valence-electron chi connectivity index (χ3n) is 3.10. The van der Waals surface area contributed by atoms with Crippen molar-refractivity contribution in [2.24, 2.45) is 0 Å². The van der Waals surface area contributed by atoms with E-state index in [1.165, 1.54) is 0 Å². The maximum atomic E-state index is 11.7. The van der Waals surface area contributed by atoms with Crippen LogP contribution >= 0.6 is 11.8 Å². The Morgan fingerprint density at radius 2 is 2.14 bits per heavy atom. The van der Waals surface area contributed by atoms with Crippen molar-refractivity contribution in [2.45, 2.75) is 26.0 Å². The number of hydrogen-bond donors (Lipinski definition) is 2. The maximum absolute atomic E-state index is 11.7. The summed E-state index contributed by atoms with van der Waals surface area (Å²) in [5.41, 5.74) is 1.79. The number of aryl methyl sites for hydroxylation is 1. The molecule has 1 atom stereocenters. The number of amides is 1. The van der Waals surface area contributed by atoms with Gasteiger partial charge in [0.25, 0.3) is 0 Å². The van der Waals surface area contributed by atoms with Gasteiger partial charge >= 0.3 is 0 Å². The van der Waals surface area contributed by atoms with Gasteiger partial charge in [0.1, 0.15) is 6.10 Å². The first kappa shape index (κ1) is 16.5. The average Bonchev–Trinajstić information content (AvgIpc) is 2.97. The van der Waals surface area contributed by atoms with Crippen LogP contribution in [-0.2, 0) is 11.3 Å². The number of rotatable bonds is 7. The number of benzene rings is 1. The monoisotopic (exact) mass is 321 g/mol. The molecule has 2 rings (SSSR count). The molecular formula is C15H19N3O3S. The fraction of sp³-hybridized carbons (Fsp3) is 0.400. The molecule has 1 aromatic carbocycles. The molecule has 0 fully saturated rings. The molecule has 0 radical (unpaired) electrons. The fourth-order valence-corrected chi connectivity index (χ4v) is 2.31. The molecule has 0 aliphatic rings. The molecule has 2 aromatic rings. The van der Waals surface area contributed by atoms with E-state index in [0.717, 1.165) is 16.9 Å². The molecular weight excluding hydrogens is 302 g/mol. The largest absolute Gasteiger partial charge is 0.383 e. The van der Waals surface area contributed by atoms with Crippen LogP contribution in [0.3, 0.4) is 0 Å². The van der Waals surface area contributed by atoms with Gasteiger partial charge < -0.3 is 14.9 Å². The summed E-state index contributed by atoms with van der Waals surface area (Å²) in [6, 6.07) is 7.51. The topological polar surface area (TPSA) is 88.2 Å². The molecule has 0 aliphatic heterocycles. The zero-order valence-corrected chi connectivity index (χ0v) is 13.4. The van der Waals surface area contributed by atoms with Crippen molar-refractivity contribution in [3.63, 3.8) is 0 Å². The van der Waals surface area contributed by atoms with Crippen LogP contribution in [0.2, 0.25) is 0 Å². The standard InChI is InChI=1S/C15H19N3O3S/c1-10-17-14(18-21-10)12-5-3-11(4-6-12)9-16-15(20)13(19)7-8-22-2/h3-6,13,19H,7-9H2,1-2H3,(H,16,20)/t13-/m0/s1. The zero-order chi connectivity index (χ0) is 15.9. The van der Waals surface area contributed by atoms with E-state index in [2.05, 4.69) is 15.5 Å². The third kappa shape index (κ3) is 4.57. The number of carbonyl (C=O) groups excluding carboxylic acids is 1. The second-order valence-electron chi connectivity index (χ2n) is 4.85. The highest BCUT2D eigenvalue weighted by Gasteiger charge is 2.13. The second-order valence-corrected chi connectivity index (χ2v) is 5.83. The number of aromatic nitrogens is 2. The van der Waals surface area contributed by atoms with Gasteiger partial charge in [0.05, 0.1) is 0 Å². The van der Waals surface area contributed by atoms with Gasteiger partial charge in [0.15, 0.2) is 0 Å². The number of nitrogens with zero attached hydrogens (tertiary/aromatic N) is 2. The smallest absolute Gasteiger partial charge is 0.249 e. The first-order chi connectivity index (χ1) is 10.6. The Hall–Kier alpha value is -1.86. The third-order valence-corrected chi connectivity index (χ3v) is 3.75. The van der Waals surface area contributed by atoms with Crippen molar-refractivity contribution in [1.82, 2.24) is 15.5 Å². The summed E-state index contributed by atoms with van der Waals surface area (Å²) in [7, 11) is 0. The van der Waals surface area contributed by atoms with Gasteiger partial charge in [-0.3, -0.25) is 4.79 Å². The van der Waals surface area contributed by atoms with Gasteiger partial charge in [-0.2, -0.15) is 16.7 Å². The molecule has 0 bridgehead atoms. The number of thioether (sulfide) groups is 1. The number of nitrogens with one attached hydrogen (secondary N) is 1. The summed E-state index contributed by atoms with van der Waals surface area (Å²) in [5.74, 6) is 1.48. The lowest BCUT2D eigenvalue weighted by Crippen LogP contribution is -2.34. The van der Waals surface area contributed by atoms with E-state index in [-0.39, 0.29) is 5.91 Å². The number of carbonyl (C=O) groups is 1. The van der Waals surface area contributed by atoms with Crippen molar-refractivity contribution in [3.8, 4) is 11.4 Å². The molecule has 22 heavy (non-hydrogen) atoms. The molecule has 2 N–H and O–H groups in total. The van der Waals surface area contributed by atoms with E-state index in [9.17, 15) is 9.90 Å². The lowest BCUT2D eigenvalue weighted by atomic mass is 10.1. The Kier molecular flexibility index (Phi) is 5.97. The van der Waals surface area contributed by atoms with Crippen LogP contribution in [0.5, 0.6) is 0 Å². The van der Waals surface area contributed by atoms with E-state index in [0.29, 0.717) is 24.7 Å². The predicted molar refractivity (Wildman–Crippen MR) is 85.3 cm³/mol. The quantitative estimate of drug-likeness (QED) is 0.808. The lowest BCUT2D eigenvalue weighted by molar-refractivity contribution is -0.129. The van der Waals surface area contributed by atoms with Crippen molar-refractivity contribution in [3.05, 3.63) is 35.7 Å². The Morgan fingerprint density at radius 3 is 2.73 bits per heavy atom. The normalized spacial score (nSPS) is 12.1. The zero-order valence-electron chi connectivity index (χ0n) is 12.6. The van der Waals surface area contributed by atoms with Crippen molar-refractivity contribution < 1.29 is 14.4 Å². The van der Waals surface area contributed by atoms with Crippen LogP contribution in [0.25, 0.3) is 11.4 Å². The molecule has 1 heterocycles. The van der Waals surface area contributed by atoms with Crippen LogP contribution in [0.15, 0.2) is 28.8 Å². The van der Waals surface area contributed by atoms with E-state index >= 15 is 0 Å². The van der Waals surface area contributed by atoms with E-state index in [1.54, 1.807) is 18.7 Å². The fourth-order valence-electron chi connectivity index (χ4n) is 1.86. The molecule has 1 amide bonds. The van der Waals surface area contributed by atoms with Crippen LogP contribution < -0.4 is 5.32 Å². The van der Waals surface area contributed by atoms with Crippen molar-refractivity contribution >= 4 is 17.7 Å². The maximum Gasteiger partial charge on any atom is 0.249 e. The highest BCUT2D eigenvalue weighted by molar-refractivity contribution is 7.98. The molecule has 0 unspecified atom stereocenters. The first-order valence-corrected chi connectivity index (χ1v) is 8.34. The molecule has 6 nitrogen and oxygen atoms in total. The average molecular weight is 321 g/mol. The van der Waals surface area contributed by atoms with Crippen LogP contribution in [-0.4, -0.2) is 39.3 Å². The number of hydrogen-bond acceptors (Lipinski definition) is 6. The van der Waals surface area contributed by atoms with Crippen LogP contribution in [0, 0.1) is 6.92 Å². The molecule has 0 aliphatic carbocycles. The number of aliphatic hydroxyl groups is 1. The molecule has 1 aromatic heterocycles. The van der Waals surface area contributed by atoms with Crippen molar-refractivity contribution in [2.75, 3.05) is 12.0 Å². The lowest BCUT2D eigenvalue weighted by Gasteiger charge is -2.10. The highest BCUT2D eigenvalue weighted by atomic mass is 32.2. The van der Waals surface area contributed by atoms with Gasteiger partial charge in [0, 0.05) is 19.0 Å².